The number of quaternary nitrogens is 1. The molecule has 2 heterocycles. The van der Waals surface area contributed by atoms with Crippen molar-refractivity contribution in [2.75, 3.05) is 10.2 Å². The maximum absolute atomic E-state index is 3.37. The van der Waals surface area contributed by atoms with Crippen LogP contribution in [0, 0.1) is 13.8 Å². The van der Waals surface area contributed by atoms with E-state index in [4.69, 9.17) is 0 Å². The number of hydrogen-bond acceptors (Lipinski definition) is 1. The number of halogens is 1. The summed E-state index contributed by atoms with van der Waals surface area (Å²) in [5.41, 5.74) is 5.47. The number of hydrogen-bond donors (Lipinski definition) is 1. The molecular formula is C20H26IN3+2. The molecule has 3 N–H and O–H groups in total. The van der Waals surface area contributed by atoms with Gasteiger partial charge in [0.25, 0.3) is 0 Å². The highest BCUT2D eigenvalue weighted by Gasteiger charge is 2.32. The third-order valence-corrected chi connectivity index (χ3v) is 8.03. The second-order valence-electron chi connectivity index (χ2n) is 6.85. The van der Waals surface area contributed by atoms with E-state index in [-0.39, 0.29) is 26.4 Å². The third-order valence-electron chi connectivity index (χ3n) is 4.55. The van der Waals surface area contributed by atoms with Gasteiger partial charge in [-0.05, 0) is 31.5 Å². The van der Waals surface area contributed by atoms with E-state index in [1.807, 2.05) is 0 Å². The Morgan fingerprint density at radius 2 is 1.96 bits per heavy atom. The van der Waals surface area contributed by atoms with Crippen LogP contribution < -0.4 is 13.4 Å². The van der Waals surface area contributed by atoms with Crippen LogP contribution in [0.2, 0.25) is 0 Å². The zero-order valence-corrected chi connectivity index (χ0v) is 17.2. The highest BCUT2D eigenvalue weighted by atomic mass is 127. The summed E-state index contributed by atoms with van der Waals surface area (Å²) in [6.45, 7) is 8.96. The summed E-state index contributed by atoms with van der Waals surface area (Å²) in [6, 6.07) is 11.0. The molecule has 0 radical (unpaired) electrons. The fraction of sp³-hybridized carbons (Fsp3) is 0.300. The number of nitrogens with zero attached hydrogens (tertiary/aromatic N) is 1. The van der Waals surface area contributed by atoms with E-state index in [0.29, 0.717) is 0 Å². The minimum absolute atomic E-state index is 0.104. The topological polar surface area (TPSA) is 34.0 Å². The zero-order valence-electron chi connectivity index (χ0n) is 15.0. The van der Waals surface area contributed by atoms with Gasteiger partial charge < -0.3 is 3.11 Å². The number of nitrogens with two attached hydrogens (primary N) is 1. The maximum atomic E-state index is 3.37. The first-order valence-electron chi connectivity index (χ1n) is 8.25. The van der Waals surface area contributed by atoms with E-state index in [9.17, 15) is 0 Å². The van der Waals surface area contributed by atoms with Crippen LogP contribution in [0.15, 0.2) is 48.8 Å². The van der Waals surface area contributed by atoms with Crippen LogP contribution in [0.5, 0.6) is 0 Å². The molecule has 1 aromatic heterocycles. The molecule has 3 rings (SSSR count). The van der Waals surface area contributed by atoms with Gasteiger partial charge in [-0.1, -0.05) is 32.0 Å². The van der Waals surface area contributed by atoms with Crippen molar-refractivity contribution >= 4 is 36.0 Å². The molecule has 1 aliphatic rings. The minimum Gasteiger partial charge on any atom is -0.323 e. The SMILES string of the molecule is Cc1c[nH+]c([NH2+]C=CC2=IN(C)c3ccccc3C2(C)C)c(C)c1. The van der Waals surface area contributed by atoms with E-state index in [0.717, 1.165) is 0 Å². The summed E-state index contributed by atoms with van der Waals surface area (Å²) in [5.74, 6) is 1.18. The van der Waals surface area contributed by atoms with Gasteiger partial charge in [0.1, 0.15) is 6.20 Å². The molecule has 0 amide bonds. The van der Waals surface area contributed by atoms with Crippen LogP contribution in [-0.4, -0.2) is 10.6 Å². The van der Waals surface area contributed by atoms with Gasteiger partial charge in [-0.25, -0.2) is 5.32 Å². The maximum Gasteiger partial charge on any atom is 0.371 e. The van der Waals surface area contributed by atoms with Crippen LogP contribution in [0.25, 0.3) is 0 Å². The number of aromatic amines is 1. The molecule has 0 saturated carbocycles. The summed E-state index contributed by atoms with van der Waals surface area (Å²) in [5, 5.41) is 2.18. The largest absolute Gasteiger partial charge is 0.371 e. The highest BCUT2D eigenvalue weighted by molar-refractivity contribution is 14.2. The average molecular weight is 435 g/mol. The van der Waals surface area contributed by atoms with Gasteiger partial charge in [-0.3, -0.25) is 0 Å². The quantitative estimate of drug-likeness (QED) is 0.583. The molecule has 4 heteroatoms. The number of H-pyrrole nitrogens is 1. The number of fused-ring (bicyclic) bond motifs is 1. The number of benzene rings is 1. The van der Waals surface area contributed by atoms with Crippen molar-refractivity contribution in [3.8, 4) is 0 Å². The molecule has 126 valence electrons. The first kappa shape index (κ1) is 17.3. The number of rotatable bonds is 3. The van der Waals surface area contributed by atoms with Gasteiger partial charge in [-0.15, -0.1) is 0 Å². The molecular weight excluding hydrogens is 409 g/mol. The Kier molecular flexibility index (Phi) is 4.88. The molecule has 0 fully saturated rings. The third kappa shape index (κ3) is 3.30. The minimum atomic E-state index is -0.155. The van der Waals surface area contributed by atoms with Crippen molar-refractivity contribution in [1.29, 1.82) is 0 Å². The first-order chi connectivity index (χ1) is 11.4. The lowest BCUT2D eigenvalue weighted by atomic mass is 9.80. The number of allylic oxidation sites excluding steroid dienone is 1. The Morgan fingerprint density at radius 3 is 2.71 bits per heavy atom. The van der Waals surface area contributed by atoms with Crippen molar-refractivity contribution in [2.45, 2.75) is 33.1 Å². The summed E-state index contributed by atoms with van der Waals surface area (Å²) < 4.78 is 3.99. The van der Waals surface area contributed by atoms with E-state index < -0.39 is 0 Å². The van der Waals surface area contributed by atoms with Crippen LogP contribution in [0.4, 0.5) is 11.5 Å². The smallest absolute Gasteiger partial charge is 0.323 e. The Hall–Kier alpha value is -1.53. The molecule has 2 aromatic rings. The second kappa shape index (κ2) is 6.76. The van der Waals surface area contributed by atoms with Crippen molar-refractivity contribution in [1.82, 2.24) is 0 Å². The molecule has 0 bridgehead atoms. The fourth-order valence-corrected chi connectivity index (χ4v) is 5.82. The molecule has 3 nitrogen and oxygen atoms in total. The molecule has 0 saturated heterocycles. The number of anilines is 1. The number of para-hydroxylation sites is 1. The molecule has 0 atom stereocenters. The van der Waals surface area contributed by atoms with E-state index in [1.165, 1.54) is 28.2 Å². The highest BCUT2D eigenvalue weighted by Crippen LogP contribution is 2.42. The number of aromatic nitrogens is 1. The zero-order chi connectivity index (χ0) is 17.3. The predicted octanol–water partition coefficient (Wildman–Crippen LogP) is 3.31. The van der Waals surface area contributed by atoms with E-state index in [2.05, 4.69) is 97.0 Å². The molecule has 0 aliphatic carbocycles. The lowest BCUT2D eigenvalue weighted by molar-refractivity contribution is -0.597. The normalized spacial score (nSPS) is 16.5. The molecule has 24 heavy (non-hydrogen) atoms. The lowest BCUT2D eigenvalue weighted by Gasteiger charge is -2.36. The van der Waals surface area contributed by atoms with Gasteiger partial charge >= 0.3 is 5.82 Å². The number of pyridine rings is 1. The van der Waals surface area contributed by atoms with Crippen molar-refractivity contribution < 1.29 is 10.3 Å². The molecule has 0 unspecified atom stereocenters. The lowest BCUT2D eigenvalue weighted by Crippen LogP contribution is -2.74. The molecule has 1 aromatic carbocycles. The van der Waals surface area contributed by atoms with Crippen molar-refractivity contribution in [3.63, 3.8) is 0 Å². The molecule has 0 spiro atoms. The average Bonchev–Trinajstić information content (AvgIpc) is 2.54. The Labute approximate surface area is 154 Å². The standard InChI is InChI=1S/C20H24IN3/c1-14-12-15(2)19(23-13-14)22-11-10-18-20(3,4)16-8-6-7-9-17(16)24(5)21-18/h6-13H,1-5H3,(H,22,23)/p+2. The predicted molar refractivity (Wildman–Crippen MR) is 110 cm³/mol. The van der Waals surface area contributed by atoms with Crippen LogP contribution >= 0.6 is 21.0 Å². The van der Waals surface area contributed by atoms with Gasteiger partial charge in [0.15, 0.2) is 6.20 Å². The van der Waals surface area contributed by atoms with Crippen molar-refractivity contribution in [3.05, 3.63) is 65.5 Å². The summed E-state index contributed by atoms with van der Waals surface area (Å²) in [4.78, 5) is 3.37. The van der Waals surface area contributed by atoms with Crippen LogP contribution in [0.1, 0.15) is 30.5 Å². The van der Waals surface area contributed by atoms with Gasteiger partial charge in [0.05, 0.1) is 5.56 Å². The summed E-state index contributed by atoms with van der Waals surface area (Å²) >= 11 is -0.155. The number of aryl methyl sites for hydroxylation is 2. The second-order valence-corrected chi connectivity index (χ2v) is 9.94. The fourth-order valence-electron chi connectivity index (χ4n) is 3.10. The summed E-state index contributed by atoms with van der Waals surface area (Å²) in [6.07, 6.45) is 6.58. The Morgan fingerprint density at radius 1 is 1.21 bits per heavy atom. The van der Waals surface area contributed by atoms with E-state index >= 15 is 0 Å². The summed E-state index contributed by atoms with van der Waals surface area (Å²) in [7, 11) is 2.22. The van der Waals surface area contributed by atoms with Crippen LogP contribution in [0.3, 0.4) is 0 Å². The van der Waals surface area contributed by atoms with Crippen LogP contribution in [-0.2, 0) is 5.41 Å². The molecule has 1 aliphatic heterocycles. The van der Waals surface area contributed by atoms with Gasteiger partial charge in [0.2, 0.25) is 0 Å². The monoisotopic (exact) mass is 435 g/mol. The number of nitrogens with one attached hydrogen (secondary N) is 1. The Balaban J connectivity index is 1.85. The van der Waals surface area contributed by atoms with E-state index in [1.54, 1.807) is 3.51 Å². The van der Waals surface area contributed by atoms with Crippen molar-refractivity contribution in [2.24, 2.45) is 0 Å². The Bertz CT molecular complexity index is 821. The van der Waals surface area contributed by atoms with Gasteiger partial charge in [-0.2, -0.15) is 4.98 Å². The van der Waals surface area contributed by atoms with Gasteiger partial charge in [0, 0.05) is 54.3 Å². The first-order valence-corrected chi connectivity index (χ1v) is 10.3.